The number of nitrogens with one attached hydrogen (secondary N) is 1. The molecule has 0 saturated heterocycles. The Hall–Kier alpha value is -1.76. The van der Waals surface area contributed by atoms with Gasteiger partial charge in [-0.15, -0.1) is 12.3 Å². The predicted octanol–water partition coefficient (Wildman–Crippen LogP) is 1.43. The number of nitrogens with zero attached hydrogens (tertiary/aromatic N) is 1. The molecule has 0 bridgehead atoms. The maximum Gasteiger partial charge on any atom is 0.256 e. The molecule has 1 amide bonds. The SMILES string of the molecule is C#CCCCNC(=O)c1c(C)noc1C. The molecule has 1 rings (SSSR count). The lowest BCUT2D eigenvalue weighted by Crippen LogP contribution is -2.25. The number of hydrogen-bond acceptors (Lipinski definition) is 3. The Labute approximate surface area is 89.0 Å². The van der Waals surface area contributed by atoms with Crippen molar-refractivity contribution in [2.45, 2.75) is 26.7 Å². The third-order valence-corrected chi connectivity index (χ3v) is 2.04. The Morgan fingerprint density at radius 1 is 1.60 bits per heavy atom. The third-order valence-electron chi connectivity index (χ3n) is 2.04. The van der Waals surface area contributed by atoms with Gasteiger partial charge in [0, 0.05) is 13.0 Å². The van der Waals surface area contributed by atoms with Crippen LogP contribution in [0.15, 0.2) is 4.52 Å². The van der Waals surface area contributed by atoms with Crippen molar-refractivity contribution in [3.63, 3.8) is 0 Å². The van der Waals surface area contributed by atoms with Crippen LogP contribution in [0.2, 0.25) is 0 Å². The van der Waals surface area contributed by atoms with Crippen LogP contribution in [0.1, 0.15) is 34.7 Å². The van der Waals surface area contributed by atoms with E-state index in [2.05, 4.69) is 16.4 Å². The van der Waals surface area contributed by atoms with Gasteiger partial charge in [-0.3, -0.25) is 4.79 Å². The van der Waals surface area contributed by atoms with Crippen molar-refractivity contribution < 1.29 is 9.32 Å². The fourth-order valence-electron chi connectivity index (χ4n) is 1.29. The van der Waals surface area contributed by atoms with Crippen LogP contribution < -0.4 is 5.32 Å². The molecule has 0 atom stereocenters. The molecule has 0 aliphatic rings. The molecule has 1 aromatic heterocycles. The second-order valence-corrected chi connectivity index (χ2v) is 3.26. The van der Waals surface area contributed by atoms with E-state index in [1.54, 1.807) is 13.8 Å². The van der Waals surface area contributed by atoms with E-state index in [4.69, 9.17) is 10.9 Å². The molecule has 15 heavy (non-hydrogen) atoms. The van der Waals surface area contributed by atoms with Crippen molar-refractivity contribution in [3.05, 3.63) is 17.0 Å². The summed E-state index contributed by atoms with van der Waals surface area (Å²) >= 11 is 0. The Morgan fingerprint density at radius 3 is 2.87 bits per heavy atom. The van der Waals surface area contributed by atoms with Gasteiger partial charge in [0.25, 0.3) is 5.91 Å². The summed E-state index contributed by atoms with van der Waals surface area (Å²) in [5.74, 6) is 2.91. The fraction of sp³-hybridized carbons (Fsp3) is 0.455. The highest BCUT2D eigenvalue weighted by molar-refractivity contribution is 5.96. The summed E-state index contributed by atoms with van der Waals surface area (Å²) in [7, 11) is 0. The highest BCUT2D eigenvalue weighted by Gasteiger charge is 2.16. The molecule has 0 fully saturated rings. The molecule has 4 heteroatoms. The summed E-state index contributed by atoms with van der Waals surface area (Å²) in [5.41, 5.74) is 1.14. The second kappa shape index (κ2) is 5.20. The van der Waals surface area contributed by atoms with Gasteiger partial charge < -0.3 is 9.84 Å². The number of terminal acetylenes is 1. The number of aromatic nitrogens is 1. The van der Waals surface area contributed by atoms with E-state index in [0.717, 1.165) is 6.42 Å². The molecule has 4 nitrogen and oxygen atoms in total. The lowest BCUT2D eigenvalue weighted by molar-refractivity contribution is 0.0951. The van der Waals surface area contributed by atoms with Crippen LogP contribution in [-0.4, -0.2) is 17.6 Å². The second-order valence-electron chi connectivity index (χ2n) is 3.26. The van der Waals surface area contributed by atoms with Crippen molar-refractivity contribution in [2.75, 3.05) is 6.54 Å². The first-order chi connectivity index (χ1) is 7.16. The van der Waals surface area contributed by atoms with E-state index >= 15 is 0 Å². The Kier molecular flexibility index (Phi) is 3.92. The average molecular weight is 206 g/mol. The Balaban J connectivity index is 2.51. The van der Waals surface area contributed by atoms with Gasteiger partial charge in [-0.1, -0.05) is 5.16 Å². The summed E-state index contributed by atoms with van der Waals surface area (Å²) in [6.07, 6.45) is 6.55. The van der Waals surface area contributed by atoms with Crippen LogP contribution >= 0.6 is 0 Å². The molecule has 1 heterocycles. The smallest absolute Gasteiger partial charge is 0.256 e. The molecule has 1 N–H and O–H groups in total. The zero-order chi connectivity index (χ0) is 11.3. The van der Waals surface area contributed by atoms with Crippen LogP contribution in [0.4, 0.5) is 0 Å². The third kappa shape index (κ3) is 2.84. The van der Waals surface area contributed by atoms with E-state index < -0.39 is 0 Å². The highest BCUT2D eigenvalue weighted by Crippen LogP contribution is 2.11. The molecule has 0 spiro atoms. The maximum atomic E-state index is 11.6. The van der Waals surface area contributed by atoms with Crippen LogP contribution in [0.3, 0.4) is 0 Å². The van der Waals surface area contributed by atoms with Crippen LogP contribution in [0, 0.1) is 26.2 Å². The van der Waals surface area contributed by atoms with Crippen molar-refractivity contribution in [3.8, 4) is 12.3 Å². The number of rotatable bonds is 4. The van der Waals surface area contributed by atoms with Gasteiger partial charge in [-0.2, -0.15) is 0 Å². The summed E-state index contributed by atoms with van der Waals surface area (Å²) in [6.45, 7) is 4.04. The van der Waals surface area contributed by atoms with Gasteiger partial charge in [0.05, 0.1) is 5.69 Å². The Morgan fingerprint density at radius 2 is 2.33 bits per heavy atom. The zero-order valence-electron chi connectivity index (χ0n) is 8.96. The normalized spacial score (nSPS) is 9.67. The summed E-state index contributed by atoms with van der Waals surface area (Å²) in [5, 5.41) is 6.48. The van der Waals surface area contributed by atoms with Gasteiger partial charge >= 0.3 is 0 Å². The zero-order valence-corrected chi connectivity index (χ0v) is 8.96. The number of carbonyl (C=O) groups excluding carboxylic acids is 1. The highest BCUT2D eigenvalue weighted by atomic mass is 16.5. The molecule has 0 aliphatic carbocycles. The van der Waals surface area contributed by atoms with E-state index in [9.17, 15) is 4.79 Å². The standard InChI is InChI=1S/C11H14N2O2/c1-4-5-6-7-12-11(14)10-8(2)13-15-9(10)3/h1H,5-7H2,2-3H3,(H,12,14). The molecular weight excluding hydrogens is 192 g/mol. The first-order valence-electron chi connectivity index (χ1n) is 4.81. The van der Waals surface area contributed by atoms with Crippen LogP contribution in [0.5, 0.6) is 0 Å². The minimum atomic E-state index is -0.150. The average Bonchev–Trinajstić information content (AvgIpc) is 2.53. The van der Waals surface area contributed by atoms with Crippen molar-refractivity contribution in [1.29, 1.82) is 0 Å². The molecule has 0 unspecified atom stereocenters. The van der Waals surface area contributed by atoms with Crippen molar-refractivity contribution in [1.82, 2.24) is 10.5 Å². The van der Waals surface area contributed by atoms with Gasteiger partial charge in [-0.25, -0.2) is 0 Å². The van der Waals surface area contributed by atoms with Crippen molar-refractivity contribution in [2.24, 2.45) is 0 Å². The molecule has 1 aromatic rings. The topological polar surface area (TPSA) is 55.1 Å². The summed E-state index contributed by atoms with van der Waals surface area (Å²) in [4.78, 5) is 11.6. The van der Waals surface area contributed by atoms with E-state index in [-0.39, 0.29) is 5.91 Å². The quantitative estimate of drug-likeness (QED) is 0.599. The first-order valence-corrected chi connectivity index (χ1v) is 4.81. The molecule has 0 saturated carbocycles. The molecule has 80 valence electrons. The minimum absolute atomic E-state index is 0.150. The fourth-order valence-corrected chi connectivity index (χ4v) is 1.29. The molecule has 0 aliphatic heterocycles. The lowest BCUT2D eigenvalue weighted by Gasteiger charge is -2.02. The van der Waals surface area contributed by atoms with E-state index in [0.29, 0.717) is 30.0 Å². The Bertz CT molecular complexity index is 368. The first kappa shape index (κ1) is 11.3. The lowest BCUT2D eigenvalue weighted by atomic mass is 10.2. The van der Waals surface area contributed by atoms with Gasteiger partial charge in [0.15, 0.2) is 0 Å². The number of aryl methyl sites for hydroxylation is 2. The largest absolute Gasteiger partial charge is 0.361 e. The predicted molar refractivity (Wildman–Crippen MR) is 56.4 cm³/mol. The van der Waals surface area contributed by atoms with E-state index in [1.165, 1.54) is 0 Å². The number of hydrogen-bond donors (Lipinski definition) is 1. The van der Waals surface area contributed by atoms with Gasteiger partial charge in [0.1, 0.15) is 11.3 Å². The number of carbonyl (C=O) groups is 1. The maximum absolute atomic E-state index is 11.6. The van der Waals surface area contributed by atoms with Crippen LogP contribution in [-0.2, 0) is 0 Å². The molecule has 0 radical (unpaired) electrons. The summed E-state index contributed by atoms with van der Waals surface area (Å²) in [6, 6.07) is 0. The summed E-state index contributed by atoms with van der Waals surface area (Å²) < 4.78 is 4.90. The minimum Gasteiger partial charge on any atom is -0.361 e. The van der Waals surface area contributed by atoms with Crippen LogP contribution in [0.25, 0.3) is 0 Å². The molecular formula is C11H14N2O2. The number of unbranched alkanes of at least 4 members (excludes halogenated alkanes) is 1. The monoisotopic (exact) mass is 206 g/mol. The molecule has 0 aromatic carbocycles. The van der Waals surface area contributed by atoms with Gasteiger partial charge in [0.2, 0.25) is 0 Å². The number of amides is 1. The van der Waals surface area contributed by atoms with E-state index in [1.807, 2.05) is 0 Å². The van der Waals surface area contributed by atoms with Gasteiger partial charge in [-0.05, 0) is 20.3 Å². The van der Waals surface area contributed by atoms with Crippen molar-refractivity contribution >= 4 is 5.91 Å².